The third-order valence-corrected chi connectivity index (χ3v) is 4.69. The van der Waals surface area contributed by atoms with E-state index in [-0.39, 0.29) is 18.4 Å². The quantitative estimate of drug-likeness (QED) is 0.724. The number of likely N-dealkylation sites (N-methyl/N-ethyl adjacent to an activating group) is 1. The minimum absolute atomic E-state index is 0. The zero-order chi connectivity index (χ0) is 16.6. The number of hydrogen-bond acceptors (Lipinski definition) is 3. The van der Waals surface area contributed by atoms with Gasteiger partial charge in [-0.1, -0.05) is 41.4 Å². The molecule has 0 saturated heterocycles. The maximum Gasteiger partial charge on any atom is 0.137 e. The molecule has 1 heterocycles. The first-order valence-corrected chi connectivity index (χ1v) is 8.11. The molecular weight excluding hydrogens is 367 g/mol. The molecular formula is C18H19Cl3N2O. The summed E-state index contributed by atoms with van der Waals surface area (Å²) in [5, 5.41) is 1.30. The normalized spacial score (nSPS) is 15.9. The predicted molar refractivity (Wildman–Crippen MR) is 103 cm³/mol. The van der Waals surface area contributed by atoms with E-state index in [2.05, 4.69) is 0 Å². The number of amidine groups is 1. The van der Waals surface area contributed by atoms with E-state index in [0.717, 1.165) is 28.9 Å². The lowest BCUT2D eigenvalue weighted by Gasteiger charge is -2.28. The van der Waals surface area contributed by atoms with Crippen LogP contribution in [0.3, 0.4) is 0 Å². The summed E-state index contributed by atoms with van der Waals surface area (Å²) in [6, 6.07) is 11.6. The van der Waals surface area contributed by atoms with Crippen LogP contribution in [0.4, 0.5) is 0 Å². The van der Waals surface area contributed by atoms with Crippen LogP contribution < -0.4 is 4.74 Å². The molecule has 6 heteroatoms. The molecule has 24 heavy (non-hydrogen) atoms. The van der Waals surface area contributed by atoms with Gasteiger partial charge >= 0.3 is 0 Å². The summed E-state index contributed by atoms with van der Waals surface area (Å²) in [5.74, 6) is 1.69. The lowest BCUT2D eigenvalue weighted by molar-refractivity contribution is 0.414. The van der Waals surface area contributed by atoms with Gasteiger partial charge in [0.15, 0.2) is 0 Å². The van der Waals surface area contributed by atoms with Crippen LogP contribution in [-0.4, -0.2) is 31.9 Å². The smallest absolute Gasteiger partial charge is 0.137 e. The van der Waals surface area contributed by atoms with Gasteiger partial charge in [-0.15, -0.1) is 12.4 Å². The van der Waals surface area contributed by atoms with Gasteiger partial charge in [-0.2, -0.15) is 0 Å². The van der Waals surface area contributed by atoms with E-state index in [4.69, 9.17) is 32.9 Å². The number of nitrogens with zero attached hydrogens (tertiary/aromatic N) is 2. The van der Waals surface area contributed by atoms with Crippen LogP contribution in [-0.2, 0) is 6.42 Å². The lowest BCUT2D eigenvalue weighted by Crippen LogP contribution is -2.29. The van der Waals surface area contributed by atoms with Gasteiger partial charge in [-0.25, -0.2) is 0 Å². The van der Waals surface area contributed by atoms with Crippen molar-refractivity contribution < 1.29 is 4.74 Å². The zero-order valence-electron chi connectivity index (χ0n) is 13.7. The van der Waals surface area contributed by atoms with E-state index in [1.807, 2.05) is 55.4 Å². The van der Waals surface area contributed by atoms with Gasteiger partial charge in [0, 0.05) is 25.5 Å². The van der Waals surface area contributed by atoms with Gasteiger partial charge in [0.1, 0.15) is 17.6 Å². The molecule has 0 bridgehead atoms. The van der Waals surface area contributed by atoms with Crippen molar-refractivity contribution in [3.63, 3.8) is 0 Å². The first-order chi connectivity index (χ1) is 11.0. The summed E-state index contributed by atoms with van der Waals surface area (Å²) in [6.45, 7) is 0. The number of aliphatic imine (C=N–C) groups is 1. The first kappa shape index (κ1) is 18.9. The Morgan fingerprint density at radius 1 is 1.08 bits per heavy atom. The number of methoxy groups -OCH3 is 1. The monoisotopic (exact) mass is 384 g/mol. The SMILES string of the molecule is COc1cc2c(cc1Cl)C(c1ccccc1Cl)N=C(N(C)C)C2.Cl. The van der Waals surface area contributed by atoms with E-state index < -0.39 is 0 Å². The first-order valence-electron chi connectivity index (χ1n) is 7.36. The van der Waals surface area contributed by atoms with Crippen LogP contribution in [0.2, 0.25) is 10.0 Å². The summed E-state index contributed by atoms with van der Waals surface area (Å²) in [4.78, 5) is 6.94. The predicted octanol–water partition coefficient (Wildman–Crippen LogP) is 5.03. The second-order valence-corrected chi connectivity index (χ2v) is 6.54. The maximum atomic E-state index is 6.41. The van der Waals surface area contributed by atoms with Crippen LogP contribution in [0.25, 0.3) is 0 Å². The summed E-state index contributed by atoms with van der Waals surface area (Å²) < 4.78 is 5.36. The fourth-order valence-corrected chi connectivity index (χ4v) is 3.31. The van der Waals surface area contributed by atoms with Crippen LogP contribution >= 0.6 is 35.6 Å². The molecule has 0 radical (unpaired) electrons. The summed E-state index contributed by atoms with van der Waals surface area (Å²) in [7, 11) is 5.63. The van der Waals surface area contributed by atoms with Crippen LogP contribution in [0.15, 0.2) is 41.4 Å². The summed E-state index contributed by atoms with van der Waals surface area (Å²) in [5.41, 5.74) is 3.22. The molecule has 2 aromatic rings. The number of halogens is 3. The van der Waals surface area contributed by atoms with Crippen LogP contribution in [0, 0.1) is 0 Å². The Bertz CT molecular complexity index is 775. The van der Waals surface area contributed by atoms with Gasteiger partial charge in [0.05, 0.1) is 12.1 Å². The zero-order valence-corrected chi connectivity index (χ0v) is 16.0. The molecule has 0 spiro atoms. The Hall–Kier alpha value is -1.42. The van der Waals surface area contributed by atoms with Crippen molar-refractivity contribution in [3.8, 4) is 5.75 Å². The van der Waals surface area contributed by atoms with Gasteiger partial charge in [-0.3, -0.25) is 4.99 Å². The second-order valence-electron chi connectivity index (χ2n) is 5.73. The van der Waals surface area contributed by atoms with E-state index in [9.17, 15) is 0 Å². The number of rotatable bonds is 2. The second kappa shape index (κ2) is 7.64. The molecule has 1 atom stereocenters. The number of fused-ring (bicyclic) bond motifs is 1. The fraction of sp³-hybridized carbons (Fsp3) is 0.278. The highest BCUT2D eigenvalue weighted by Crippen LogP contribution is 2.40. The van der Waals surface area contributed by atoms with Crippen molar-refractivity contribution in [2.24, 2.45) is 4.99 Å². The molecule has 1 aliphatic rings. The van der Waals surface area contributed by atoms with Gasteiger partial charge in [-0.05, 0) is 34.9 Å². The molecule has 0 N–H and O–H groups in total. The van der Waals surface area contributed by atoms with Crippen molar-refractivity contribution in [2.45, 2.75) is 12.5 Å². The Morgan fingerprint density at radius 3 is 2.42 bits per heavy atom. The third kappa shape index (κ3) is 3.49. The van der Waals surface area contributed by atoms with E-state index in [0.29, 0.717) is 15.8 Å². The molecule has 0 aliphatic carbocycles. The molecule has 0 amide bonds. The Morgan fingerprint density at radius 2 is 1.79 bits per heavy atom. The van der Waals surface area contributed by atoms with Gasteiger partial charge < -0.3 is 9.64 Å². The summed E-state index contributed by atoms with van der Waals surface area (Å²) in [6.07, 6.45) is 0.747. The topological polar surface area (TPSA) is 24.8 Å². The molecule has 2 aromatic carbocycles. The molecule has 0 fully saturated rings. The molecule has 0 aromatic heterocycles. The van der Waals surface area contributed by atoms with Crippen molar-refractivity contribution in [2.75, 3.05) is 21.2 Å². The highest BCUT2D eigenvalue weighted by molar-refractivity contribution is 6.32. The fourth-order valence-electron chi connectivity index (χ4n) is 2.82. The van der Waals surface area contributed by atoms with E-state index in [1.54, 1.807) is 7.11 Å². The molecule has 3 nitrogen and oxygen atoms in total. The van der Waals surface area contributed by atoms with Gasteiger partial charge in [0.25, 0.3) is 0 Å². The number of hydrogen-bond donors (Lipinski definition) is 0. The standard InChI is InChI=1S/C18H18Cl2N2O.ClH/c1-22(2)17-9-11-8-16(23-3)15(20)10-13(11)18(21-17)12-6-4-5-7-14(12)19;/h4-8,10,18H,9H2,1-3H3;1H. The molecule has 128 valence electrons. The number of benzene rings is 2. The van der Waals surface area contributed by atoms with E-state index >= 15 is 0 Å². The van der Waals surface area contributed by atoms with Gasteiger partial charge in [0.2, 0.25) is 0 Å². The van der Waals surface area contributed by atoms with E-state index in [1.165, 1.54) is 0 Å². The maximum absolute atomic E-state index is 6.41. The largest absolute Gasteiger partial charge is 0.495 e. The Labute approximate surface area is 158 Å². The number of ether oxygens (including phenoxy) is 1. The van der Waals surface area contributed by atoms with Crippen molar-refractivity contribution in [3.05, 3.63) is 63.1 Å². The average Bonchev–Trinajstić information content (AvgIpc) is 2.54. The lowest BCUT2D eigenvalue weighted by atomic mass is 9.90. The van der Waals surface area contributed by atoms with Crippen molar-refractivity contribution >= 4 is 41.4 Å². The van der Waals surface area contributed by atoms with Crippen molar-refractivity contribution in [1.82, 2.24) is 4.90 Å². The molecule has 1 unspecified atom stereocenters. The molecule has 0 saturated carbocycles. The highest BCUT2D eigenvalue weighted by atomic mass is 35.5. The third-order valence-electron chi connectivity index (χ3n) is 4.05. The Balaban J connectivity index is 0.00000208. The van der Waals surface area contributed by atoms with Crippen LogP contribution in [0.5, 0.6) is 5.75 Å². The highest BCUT2D eigenvalue weighted by Gasteiger charge is 2.27. The van der Waals surface area contributed by atoms with Crippen LogP contribution in [0.1, 0.15) is 22.7 Å². The minimum atomic E-state index is -0.159. The Kier molecular flexibility index (Phi) is 6.02. The summed E-state index contributed by atoms with van der Waals surface area (Å²) >= 11 is 12.7. The van der Waals surface area contributed by atoms with Crippen molar-refractivity contribution in [1.29, 1.82) is 0 Å². The minimum Gasteiger partial charge on any atom is -0.495 e. The average molecular weight is 386 g/mol. The molecule has 1 aliphatic heterocycles. The molecule has 3 rings (SSSR count).